The minimum absolute atomic E-state index is 1.11. The fourth-order valence-corrected chi connectivity index (χ4v) is 4.94. The van der Waals surface area contributed by atoms with Crippen LogP contribution in [0.1, 0.15) is 25.0 Å². The highest BCUT2D eigenvalue weighted by molar-refractivity contribution is 6.07. The fourth-order valence-electron chi connectivity index (χ4n) is 4.94. The Morgan fingerprint density at radius 3 is 1.48 bits per heavy atom. The first-order valence-electron chi connectivity index (χ1n) is 10.1. The van der Waals surface area contributed by atoms with Crippen molar-refractivity contribution in [1.29, 1.82) is 0 Å². The van der Waals surface area contributed by atoms with Crippen LogP contribution in [0.15, 0.2) is 72.8 Å². The number of quaternary nitrogens is 1. The summed E-state index contributed by atoms with van der Waals surface area (Å²) < 4.78 is 1.12. The van der Waals surface area contributed by atoms with Crippen LogP contribution in [0.4, 0.5) is 0 Å². The molecular weight excluding hydrogens is 326 g/mol. The van der Waals surface area contributed by atoms with Crippen molar-refractivity contribution in [3.8, 4) is 11.1 Å². The monoisotopic (exact) mass is 352 g/mol. The molecule has 0 radical (unpaired) electrons. The summed E-state index contributed by atoms with van der Waals surface area (Å²) in [6.07, 6.45) is 0. The summed E-state index contributed by atoms with van der Waals surface area (Å²) in [5.74, 6) is 0. The molecule has 0 bridgehead atoms. The Balaban J connectivity index is 1.96. The van der Waals surface area contributed by atoms with Gasteiger partial charge in [-0.2, -0.15) is 0 Å². The van der Waals surface area contributed by atoms with Crippen molar-refractivity contribution in [2.45, 2.75) is 26.9 Å². The molecule has 134 valence electrons. The molecule has 0 unspecified atom stereocenters. The molecule has 4 aromatic carbocycles. The zero-order valence-corrected chi connectivity index (χ0v) is 16.2. The van der Waals surface area contributed by atoms with Crippen molar-refractivity contribution in [3.05, 3.63) is 83.9 Å². The number of hydrogen-bond donors (Lipinski definition) is 0. The first-order valence-corrected chi connectivity index (χ1v) is 10.1. The van der Waals surface area contributed by atoms with Gasteiger partial charge in [0.05, 0.1) is 13.1 Å². The summed E-state index contributed by atoms with van der Waals surface area (Å²) in [6, 6.07) is 27.1. The molecule has 0 aliphatic carbocycles. The smallest absolute Gasteiger partial charge is 0.105 e. The van der Waals surface area contributed by atoms with Gasteiger partial charge in [-0.1, -0.05) is 72.8 Å². The SMILES string of the molecule is CC[N+]1(CC)Cc2ccc3ccccc3c2-c2c(ccc3ccccc23)C1. The van der Waals surface area contributed by atoms with E-state index in [2.05, 4.69) is 86.6 Å². The van der Waals surface area contributed by atoms with E-state index in [1.807, 2.05) is 0 Å². The first kappa shape index (κ1) is 16.5. The molecule has 27 heavy (non-hydrogen) atoms. The second kappa shape index (κ2) is 6.21. The van der Waals surface area contributed by atoms with Crippen molar-refractivity contribution in [1.82, 2.24) is 0 Å². The van der Waals surface area contributed by atoms with Gasteiger partial charge in [0, 0.05) is 11.1 Å². The van der Waals surface area contributed by atoms with Crippen LogP contribution < -0.4 is 0 Å². The highest BCUT2D eigenvalue weighted by Crippen LogP contribution is 2.43. The Morgan fingerprint density at radius 1 is 0.593 bits per heavy atom. The molecule has 0 fully saturated rings. The molecule has 1 nitrogen and oxygen atoms in total. The second-order valence-corrected chi connectivity index (χ2v) is 7.93. The van der Waals surface area contributed by atoms with E-state index in [9.17, 15) is 0 Å². The first-order chi connectivity index (χ1) is 13.2. The average Bonchev–Trinajstić information content (AvgIpc) is 2.88. The third-order valence-electron chi connectivity index (χ3n) is 6.63. The van der Waals surface area contributed by atoms with Crippen LogP contribution in [0.2, 0.25) is 0 Å². The molecule has 0 amide bonds. The maximum atomic E-state index is 2.38. The van der Waals surface area contributed by atoms with E-state index >= 15 is 0 Å². The van der Waals surface area contributed by atoms with E-state index in [1.165, 1.54) is 43.8 Å². The lowest BCUT2D eigenvalue weighted by Crippen LogP contribution is -2.45. The highest BCUT2D eigenvalue weighted by Gasteiger charge is 2.32. The van der Waals surface area contributed by atoms with Gasteiger partial charge in [0.1, 0.15) is 13.1 Å². The van der Waals surface area contributed by atoms with Crippen molar-refractivity contribution in [2.75, 3.05) is 13.1 Å². The van der Waals surface area contributed by atoms with Gasteiger partial charge in [-0.3, -0.25) is 0 Å². The Labute approximate surface area is 161 Å². The van der Waals surface area contributed by atoms with Crippen LogP contribution in [0.5, 0.6) is 0 Å². The number of fused-ring (bicyclic) bond motifs is 7. The van der Waals surface area contributed by atoms with Crippen LogP contribution in [0.3, 0.4) is 0 Å². The van der Waals surface area contributed by atoms with Crippen LogP contribution >= 0.6 is 0 Å². The Hall–Kier alpha value is -2.64. The summed E-state index contributed by atoms with van der Waals surface area (Å²) in [4.78, 5) is 0. The summed E-state index contributed by atoms with van der Waals surface area (Å²) in [5.41, 5.74) is 5.91. The summed E-state index contributed by atoms with van der Waals surface area (Å²) in [6.45, 7) is 9.23. The number of rotatable bonds is 2. The molecule has 0 atom stereocenters. The fraction of sp³-hybridized carbons (Fsp3) is 0.231. The van der Waals surface area contributed by atoms with Gasteiger partial charge >= 0.3 is 0 Å². The zero-order valence-electron chi connectivity index (χ0n) is 16.2. The van der Waals surface area contributed by atoms with Crippen LogP contribution in [-0.4, -0.2) is 17.6 Å². The van der Waals surface area contributed by atoms with E-state index < -0.39 is 0 Å². The van der Waals surface area contributed by atoms with Gasteiger partial charge in [0.2, 0.25) is 0 Å². The second-order valence-electron chi connectivity index (χ2n) is 7.93. The molecule has 5 rings (SSSR count). The molecule has 0 saturated carbocycles. The summed E-state index contributed by atoms with van der Waals surface area (Å²) in [5, 5.41) is 5.45. The maximum absolute atomic E-state index is 2.38. The molecule has 1 heteroatoms. The zero-order chi connectivity index (χ0) is 18.4. The Bertz CT molecular complexity index is 1060. The lowest BCUT2D eigenvalue weighted by Gasteiger charge is -2.36. The molecule has 1 aliphatic rings. The predicted molar refractivity (Wildman–Crippen MR) is 116 cm³/mol. The van der Waals surface area contributed by atoms with Gasteiger partial charge in [-0.25, -0.2) is 0 Å². The lowest BCUT2D eigenvalue weighted by molar-refractivity contribution is -0.950. The minimum atomic E-state index is 1.11. The number of benzene rings is 4. The number of nitrogens with zero attached hydrogens (tertiary/aromatic N) is 1. The third kappa shape index (κ3) is 2.49. The van der Waals surface area contributed by atoms with Gasteiger partial charge in [-0.15, -0.1) is 0 Å². The Morgan fingerprint density at radius 2 is 1.04 bits per heavy atom. The van der Waals surface area contributed by atoms with Crippen molar-refractivity contribution in [2.24, 2.45) is 0 Å². The predicted octanol–water partition coefficient (Wildman–Crippen LogP) is 6.53. The molecule has 0 saturated heterocycles. The molecule has 0 spiro atoms. The summed E-state index contributed by atoms with van der Waals surface area (Å²) >= 11 is 0. The molecule has 4 aromatic rings. The maximum Gasteiger partial charge on any atom is 0.105 e. The van der Waals surface area contributed by atoms with Crippen LogP contribution in [-0.2, 0) is 13.1 Å². The quantitative estimate of drug-likeness (QED) is 0.360. The van der Waals surface area contributed by atoms with E-state index in [-0.39, 0.29) is 0 Å². The molecule has 0 aromatic heterocycles. The lowest BCUT2D eigenvalue weighted by atomic mass is 9.88. The van der Waals surface area contributed by atoms with Crippen molar-refractivity contribution in [3.63, 3.8) is 0 Å². The van der Waals surface area contributed by atoms with Gasteiger partial charge in [-0.05, 0) is 46.5 Å². The topological polar surface area (TPSA) is 0 Å². The summed E-state index contributed by atoms with van der Waals surface area (Å²) in [7, 11) is 0. The molecule has 0 N–H and O–H groups in total. The van der Waals surface area contributed by atoms with E-state index in [0.29, 0.717) is 0 Å². The van der Waals surface area contributed by atoms with Crippen molar-refractivity contribution >= 4 is 21.5 Å². The van der Waals surface area contributed by atoms with E-state index in [0.717, 1.165) is 30.7 Å². The Kier molecular flexibility index (Phi) is 3.80. The normalized spacial score (nSPS) is 15.3. The average molecular weight is 353 g/mol. The van der Waals surface area contributed by atoms with Crippen LogP contribution in [0.25, 0.3) is 32.7 Å². The van der Waals surface area contributed by atoms with E-state index in [4.69, 9.17) is 0 Å². The molecule has 1 heterocycles. The van der Waals surface area contributed by atoms with Crippen molar-refractivity contribution < 1.29 is 4.48 Å². The third-order valence-corrected chi connectivity index (χ3v) is 6.63. The molecular formula is C26H26N+. The molecule has 1 aliphatic heterocycles. The standard InChI is InChI=1S/C26H26N/c1-3-27(4-2)17-21-15-13-19-9-5-7-11-23(19)25(21)26-22(18-27)16-14-20-10-6-8-12-24(20)26/h5-16H,3-4,17-18H2,1-2H3/q+1. The number of hydrogen-bond acceptors (Lipinski definition) is 0. The van der Waals surface area contributed by atoms with Gasteiger partial charge in [0.25, 0.3) is 0 Å². The van der Waals surface area contributed by atoms with Gasteiger partial charge in [0.15, 0.2) is 0 Å². The minimum Gasteiger partial charge on any atom is -0.317 e. The van der Waals surface area contributed by atoms with Gasteiger partial charge < -0.3 is 4.48 Å². The van der Waals surface area contributed by atoms with E-state index in [1.54, 1.807) is 0 Å². The van der Waals surface area contributed by atoms with Crippen LogP contribution in [0, 0.1) is 0 Å². The largest absolute Gasteiger partial charge is 0.317 e. The highest BCUT2D eigenvalue weighted by atomic mass is 15.3.